The lowest BCUT2D eigenvalue weighted by molar-refractivity contribution is 0.360. The molecule has 1 aliphatic rings. The zero-order valence-electron chi connectivity index (χ0n) is 9.21. The highest BCUT2D eigenvalue weighted by molar-refractivity contribution is 9.10. The van der Waals surface area contributed by atoms with Gasteiger partial charge >= 0.3 is 0 Å². The summed E-state index contributed by atoms with van der Waals surface area (Å²) in [7, 11) is 0. The molecular formula is C11H15BrClN3. The van der Waals surface area contributed by atoms with Crippen molar-refractivity contribution >= 4 is 33.3 Å². The number of anilines is 1. The van der Waals surface area contributed by atoms with E-state index in [-0.39, 0.29) is 5.28 Å². The molecule has 3 nitrogen and oxygen atoms in total. The highest BCUT2D eigenvalue weighted by atomic mass is 79.9. The van der Waals surface area contributed by atoms with Crippen LogP contribution in [0.15, 0.2) is 10.7 Å². The fourth-order valence-electron chi connectivity index (χ4n) is 2.04. The van der Waals surface area contributed by atoms with Crippen LogP contribution < -0.4 is 5.32 Å². The predicted octanol–water partition coefficient (Wildman–Crippen LogP) is 3.88. The number of nitrogens with zero attached hydrogens (tertiary/aromatic N) is 2. The Morgan fingerprint density at radius 3 is 2.75 bits per heavy atom. The molecule has 0 radical (unpaired) electrons. The van der Waals surface area contributed by atoms with Gasteiger partial charge in [0.15, 0.2) is 0 Å². The second-order valence-corrected chi connectivity index (χ2v) is 5.63. The Balaban J connectivity index is 2.00. The van der Waals surface area contributed by atoms with E-state index < -0.39 is 0 Å². The molecule has 0 spiro atoms. The highest BCUT2D eigenvalue weighted by Gasteiger charge is 2.19. The molecule has 88 valence electrons. The molecule has 0 saturated heterocycles. The number of halogens is 2. The van der Waals surface area contributed by atoms with E-state index in [1.807, 2.05) is 0 Å². The number of nitrogens with one attached hydrogen (secondary N) is 1. The summed E-state index contributed by atoms with van der Waals surface area (Å²) in [6.07, 6.45) is 6.66. The lowest BCUT2D eigenvalue weighted by atomic mass is 9.87. The Morgan fingerprint density at radius 2 is 2.06 bits per heavy atom. The minimum absolute atomic E-state index is 0.287. The first-order valence-corrected chi connectivity index (χ1v) is 6.77. The summed E-state index contributed by atoms with van der Waals surface area (Å²) in [5, 5.41) is 3.72. The van der Waals surface area contributed by atoms with E-state index in [2.05, 4.69) is 38.1 Å². The van der Waals surface area contributed by atoms with Crippen LogP contribution >= 0.6 is 27.5 Å². The predicted molar refractivity (Wildman–Crippen MR) is 69.8 cm³/mol. The second-order valence-electron chi connectivity index (χ2n) is 4.44. The van der Waals surface area contributed by atoms with Crippen molar-refractivity contribution in [2.24, 2.45) is 5.92 Å². The van der Waals surface area contributed by atoms with Crippen molar-refractivity contribution in [3.8, 4) is 0 Å². The molecule has 16 heavy (non-hydrogen) atoms. The summed E-state index contributed by atoms with van der Waals surface area (Å²) in [6, 6.07) is 0.512. The van der Waals surface area contributed by atoms with Crippen molar-refractivity contribution in [2.75, 3.05) is 5.32 Å². The van der Waals surface area contributed by atoms with E-state index in [1.54, 1.807) is 6.20 Å². The molecule has 1 fully saturated rings. The van der Waals surface area contributed by atoms with Crippen LogP contribution in [0.5, 0.6) is 0 Å². The summed E-state index contributed by atoms with van der Waals surface area (Å²) in [5.41, 5.74) is 0. The molecule has 0 bridgehead atoms. The van der Waals surface area contributed by atoms with Gasteiger partial charge in [-0.3, -0.25) is 0 Å². The first-order valence-electron chi connectivity index (χ1n) is 5.59. The molecule has 0 unspecified atom stereocenters. The third kappa shape index (κ3) is 3.08. The van der Waals surface area contributed by atoms with Crippen LogP contribution in [0.4, 0.5) is 5.82 Å². The van der Waals surface area contributed by atoms with Crippen LogP contribution in [-0.2, 0) is 0 Å². The lowest BCUT2D eigenvalue weighted by Crippen LogP contribution is -2.25. The maximum absolute atomic E-state index is 5.77. The van der Waals surface area contributed by atoms with Crippen LogP contribution in [0, 0.1) is 5.92 Å². The molecule has 1 aromatic heterocycles. The molecule has 2 rings (SSSR count). The van der Waals surface area contributed by atoms with E-state index in [1.165, 1.54) is 25.7 Å². The Kier molecular flexibility index (Phi) is 4.03. The van der Waals surface area contributed by atoms with Gasteiger partial charge in [-0.05, 0) is 59.1 Å². The van der Waals surface area contributed by atoms with Crippen molar-refractivity contribution in [1.82, 2.24) is 9.97 Å². The average molecular weight is 305 g/mol. The van der Waals surface area contributed by atoms with Crippen molar-refractivity contribution in [3.05, 3.63) is 16.0 Å². The molecule has 0 aliphatic heterocycles. The SMILES string of the molecule is CC1CCC(Nc2nc(Cl)ncc2Br)CC1. The van der Waals surface area contributed by atoms with Crippen LogP contribution in [0.2, 0.25) is 5.28 Å². The van der Waals surface area contributed by atoms with Crippen LogP contribution in [0.1, 0.15) is 32.6 Å². The van der Waals surface area contributed by atoms with E-state index in [0.717, 1.165) is 16.2 Å². The van der Waals surface area contributed by atoms with E-state index >= 15 is 0 Å². The Bertz CT molecular complexity index is 364. The highest BCUT2D eigenvalue weighted by Crippen LogP contribution is 2.28. The van der Waals surface area contributed by atoms with Gasteiger partial charge in [0.25, 0.3) is 0 Å². The minimum atomic E-state index is 0.287. The third-order valence-electron chi connectivity index (χ3n) is 3.07. The van der Waals surface area contributed by atoms with Gasteiger partial charge < -0.3 is 5.32 Å². The Morgan fingerprint density at radius 1 is 1.38 bits per heavy atom. The van der Waals surface area contributed by atoms with Gasteiger partial charge in [-0.1, -0.05) is 6.92 Å². The third-order valence-corrected chi connectivity index (χ3v) is 3.83. The number of aromatic nitrogens is 2. The average Bonchev–Trinajstić information content (AvgIpc) is 2.27. The van der Waals surface area contributed by atoms with Crippen molar-refractivity contribution in [2.45, 2.75) is 38.6 Å². The Hall–Kier alpha value is -0.350. The summed E-state index contributed by atoms with van der Waals surface area (Å²) in [4.78, 5) is 8.09. The molecule has 5 heteroatoms. The van der Waals surface area contributed by atoms with Gasteiger partial charge in [-0.25, -0.2) is 4.98 Å². The van der Waals surface area contributed by atoms with E-state index in [0.29, 0.717) is 6.04 Å². The van der Waals surface area contributed by atoms with Crippen molar-refractivity contribution < 1.29 is 0 Å². The van der Waals surface area contributed by atoms with Crippen LogP contribution in [0.25, 0.3) is 0 Å². The molecule has 1 aromatic rings. The van der Waals surface area contributed by atoms with Gasteiger partial charge in [0.05, 0.1) is 4.47 Å². The largest absolute Gasteiger partial charge is 0.366 e. The zero-order valence-corrected chi connectivity index (χ0v) is 11.6. The smallest absolute Gasteiger partial charge is 0.224 e. The van der Waals surface area contributed by atoms with Crippen molar-refractivity contribution in [1.29, 1.82) is 0 Å². The molecular weight excluding hydrogens is 289 g/mol. The van der Waals surface area contributed by atoms with Gasteiger partial charge in [-0.15, -0.1) is 0 Å². The summed E-state index contributed by atoms with van der Waals surface area (Å²) in [5.74, 6) is 1.66. The maximum atomic E-state index is 5.77. The van der Waals surface area contributed by atoms with Crippen LogP contribution in [0.3, 0.4) is 0 Å². The standard InChI is InChI=1S/C11H15BrClN3/c1-7-2-4-8(5-3-7)15-10-9(12)6-14-11(13)16-10/h6-8H,2-5H2,1H3,(H,14,15,16). The molecule has 0 aromatic carbocycles. The Labute approximate surface area is 109 Å². The number of hydrogen-bond acceptors (Lipinski definition) is 3. The number of rotatable bonds is 2. The summed E-state index contributed by atoms with van der Waals surface area (Å²) in [6.45, 7) is 2.31. The maximum Gasteiger partial charge on any atom is 0.224 e. The normalized spacial score (nSPS) is 25.4. The zero-order chi connectivity index (χ0) is 11.5. The minimum Gasteiger partial charge on any atom is -0.366 e. The molecule has 1 saturated carbocycles. The summed E-state index contributed by atoms with van der Waals surface area (Å²) >= 11 is 9.20. The van der Waals surface area contributed by atoms with E-state index in [9.17, 15) is 0 Å². The molecule has 0 atom stereocenters. The second kappa shape index (κ2) is 5.32. The monoisotopic (exact) mass is 303 g/mol. The topological polar surface area (TPSA) is 37.8 Å². The van der Waals surface area contributed by atoms with Gasteiger partial charge in [0.2, 0.25) is 5.28 Å². The quantitative estimate of drug-likeness (QED) is 0.843. The lowest BCUT2D eigenvalue weighted by Gasteiger charge is -2.27. The fourth-order valence-corrected chi connectivity index (χ4v) is 2.48. The first-order chi connectivity index (χ1) is 7.65. The molecule has 1 heterocycles. The van der Waals surface area contributed by atoms with Crippen molar-refractivity contribution in [3.63, 3.8) is 0 Å². The van der Waals surface area contributed by atoms with Gasteiger partial charge in [-0.2, -0.15) is 4.98 Å². The van der Waals surface area contributed by atoms with E-state index in [4.69, 9.17) is 11.6 Å². The summed E-state index contributed by atoms with van der Waals surface area (Å²) < 4.78 is 0.871. The van der Waals surface area contributed by atoms with Gasteiger partial charge in [0, 0.05) is 12.2 Å². The first kappa shape index (κ1) is 12.1. The van der Waals surface area contributed by atoms with Gasteiger partial charge in [0.1, 0.15) is 5.82 Å². The molecule has 1 aliphatic carbocycles. The fraction of sp³-hybridized carbons (Fsp3) is 0.636. The molecule has 1 N–H and O–H groups in total. The number of hydrogen-bond donors (Lipinski definition) is 1. The van der Waals surface area contributed by atoms with Crippen LogP contribution in [-0.4, -0.2) is 16.0 Å². The molecule has 0 amide bonds.